The fourth-order valence-corrected chi connectivity index (χ4v) is 8.97. The van der Waals surface area contributed by atoms with Crippen LogP contribution in [0.25, 0.3) is 0 Å². The number of benzene rings is 1. The molecule has 8 atom stereocenters. The van der Waals surface area contributed by atoms with Gasteiger partial charge in [0.25, 0.3) is 0 Å². The van der Waals surface area contributed by atoms with Gasteiger partial charge in [-0.25, -0.2) is 0 Å². The average molecular weight is 593 g/mol. The van der Waals surface area contributed by atoms with Crippen molar-refractivity contribution in [1.82, 2.24) is 14.9 Å². The van der Waals surface area contributed by atoms with E-state index < -0.39 is 23.0 Å². The van der Waals surface area contributed by atoms with Gasteiger partial charge in [0.05, 0.1) is 18.1 Å². The van der Waals surface area contributed by atoms with E-state index in [2.05, 4.69) is 42.6 Å². The first-order chi connectivity index (χ1) is 19.9. The van der Waals surface area contributed by atoms with Gasteiger partial charge in [0, 0.05) is 23.2 Å². The molecule has 3 fully saturated rings. The molecule has 0 saturated heterocycles. The molecule has 2 bridgehead atoms. The Kier molecular flexibility index (Phi) is 8.31. The number of aliphatic hydroxyl groups excluding tert-OH is 1. The fraction of sp³-hybridized carbons (Fsp3) is 0.606. The fourth-order valence-electron chi connectivity index (χ4n) is 8.25. The Balaban J connectivity index is 1.40. The highest BCUT2D eigenvalue weighted by atomic mass is 32.2. The number of ether oxygens (including phenoxy) is 1. The predicted octanol–water partition coefficient (Wildman–Crippen LogP) is 5.78. The molecule has 8 nitrogen and oxygen atoms in total. The maximum absolute atomic E-state index is 13.6. The number of esters is 1. The highest BCUT2D eigenvalue weighted by Crippen LogP contribution is 2.68. The number of nitrogens with zero attached hydrogens (tertiary/aromatic N) is 4. The van der Waals surface area contributed by atoms with Crippen LogP contribution in [0.4, 0.5) is 0 Å². The number of hydrogen-bond donors (Lipinski definition) is 1. The number of aromatic nitrogens is 3. The van der Waals surface area contributed by atoms with E-state index in [1.807, 2.05) is 51.1 Å². The molecule has 0 amide bonds. The lowest BCUT2D eigenvalue weighted by molar-refractivity contribution is -0.205. The molecule has 42 heavy (non-hydrogen) atoms. The zero-order valence-corrected chi connectivity index (χ0v) is 26.5. The topological polar surface area (TPSA) is 107 Å². The summed E-state index contributed by atoms with van der Waals surface area (Å²) in [5.74, 6) is 0.360. The molecule has 9 heteroatoms. The molecule has 1 aromatic carbocycles. The third kappa shape index (κ3) is 5.06. The third-order valence-corrected chi connectivity index (χ3v) is 11.9. The Hall–Kier alpha value is -2.78. The van der Waals surface area contributed by atoms with Crippen molar-refractivity contribution < 1.29 is 19.4 Å². The van der Waals surface area contributed by atoms with Crippen LogP contribution in [0.1, 0.15) is 76.8 Å². The Labute approximate surface area is 253 Å². The zero-order chi connectivity index (χ0) is 30.4. The maximum atomic E-state index is 13.6. The molecule has 1 N–H and O–H groups in total. The van der Waals surface area contributed by atoms with Gasteiger partial charge in [-0.05, 0) is 62.3 Å². The molecule has 3 aliphatic rings. The summed E-state index contributed by atoms with van der Waals surface area (Å²) in [4.78, 5) is 27.1. The smallest absolute Gasteiger partial charge is 0.316 e. The summed E-state index contributed by atoms with van der Waals surface area (Å²) in [5, 5.41) is 25.2. The zero-order valence-electron chi connectivity index (χ0n) is 25.7. The molecular formula is C33H44N4O4S. The van der Waals surface area contributed by atoms with Gasteiger partial charge in [0.1, 0.15) is 11.9 Å². The third-order valence-electron chi connectivity index (χ3n) is 11.0. The number of carbonyl (C=O) groups excluding carboxylic acids is 2. The Morgan fingerprint density at radius 1 is 1.26 bits per heavy atom. The number of ketones is 1. The van der Waals surface area contributed by atoms with Crippen molar-refractivity contribution in [3.05, 3.63) is 53.9 Å². The molecule has 0 unspecified atom stereocenters. The highest BCUT2D eigenvalue weighted by Gasteiger charge is 2.68. The van der Waals surface area contributed by atoms with Crippen molar-refractivity contribution in [2.75, 3.05) is 5.75 Å². The molecule has 3 saturated carbocycles. The first-order valence-corrected chi connectivity index (χ1v) is 16.0. The molecule has 1 aromatic heterocycles. The van der Waals surface area contributed by atoms with Crippen molar-refractivity contribution in [3.63, 3.8) is 0 Å². The van der Waals surface area contributed by atoms with E-state index >= 15 is 0 Å². The van der Waals surface area contributed by atoms with Crippen molar-refractivity contribution in [3.8, 4) is 0 Å². The number of hydrogen-bond acceptors (Lipinski definition) is 8. The first-order valence-electron chi connectivity index (χ1n) is 15.1. The lowest BCUT2D eigenvalue weighted by Gasteiger charge is -2.61. The largest absolute Gasteiger partial charge is 0.461 e. The van der Waals surface area contributed by atoms with Crippen LogP contribution in [0.15, 0.2) is 47.2 Å². The normalized spacial score (nSPS) is 36.4. The number of rotatable bonds is 7. The molecule has 0 aliphatic heterocycles. The van der Waals surface area contributed by atoms with Crippen LogP contribution in [0.5, 0.6) is 0 Å². The molecule has 0 radical (unpaired) electrons. The van der Waals surface area contributed by atoms with Crippen LogP contribution in [-0.2, 0) is 14.3 Å². The van der Waals surface area contributed by atoms with Gasteiger partial charge in [-0.3, -0.25) is 9.59 Å². The SMILES string of the molecule is C=C[C@]1(C)C[C@@H](OC(=O)CSc2nnc(C)n2/N=C/c2cccc(C)c2)[C@]2(C)[C@H](C)CC[C@]3(CCC(=O)[C@H]32)[C@@H](C)[C@@H]1O. The second-order valence-corrected chi connectivity index (χ2v) is 14.3. The molecule has 226 valence electrons. The van der Waals surface area contributed by atoms with Gasteiger partial charge >= 0.3 is 5.97 Å². The second-order valence-electron chi connectivity index (χ2n) is 13.4. The molecule has 2 aromatic rings. The minimum atomic E-state index is -0.690. The first kappa shape index (κ1) is 30.7. The summed E-state index contributed by atoms with van der Waals surface area (Å²) < 4.78 is 7.99. The van der Waals surface area contributed by atoms with E-state index in [1.54, 1.807) is 10.9 Å². The minimum Gasteiger partial charge on any atom is -0.461 e. The summed E-state index contributed by atoms with van der Waals surface area (Å²) in [5.41, 5.74) is 0.584. The van der Waals surface area contributed by atoms with E-state index in [-0.39, 0.29) is 40.7 Å². The molecule has 5 rings (SSSR count). The Morgan fingerprint density at radius 2 is 2.02 bits per heavy atom. The van der Waals surface area contributed by atoms with Gasteiger partial charge in [0.2, 0.25) is 5.16 Å². The maximum Gasteiger partial charge on any atom is 0.316 e. The van der Waals surface area contributed by atoms with E-state index in [1.165, 1.54) is 11.8 Å². The van der Waals surface area contributed by atoms with E-state index in [4.69, 9.17) is 4.74 Å². The van der Waals surface area contributed by atoms with Crippen LogP contribution in [-0.4, -0.2) is 55.9 Å². The average Bonchev–Trinajstić information content (AvgIpc) is 3.50. The van der Waals surface area contributed by atoms with E-state index in [0.29, 0.717) is 23.8 Å². The number of Topliss-reactive ketones (excluding diaryl/α,β-unsaturated/α-hetero) is 1. The van der Waals surface area contributed by atoms with Crippen LogP contribution in [0.2, 0.25) is 0 Å². The molecule has 3 aliphatic carbocycles. The number of aryl methyl sites for hydroxylation is 2. The van der Waals surface area contributed by atoms with Crippen LogP contribution in [0, 0.1) is 47.8 Å². The van der Waals surface area contributed by atoms with Gasteiger partial charge < -0.3 is 9.84 Å². The Bertz CT molecular complexity index is 1410. The lowest BCUT2D eigenvalue weighted by Crippen LogP contribution is -2.63. The van der Waals surface area contributed by atoms with Crippen LogP contribution < -0.4 is 0 Å². The van der Waals surface area contributed by atoms with Crippen molar-refractivity contribution in [2.45, 2.75) is 91.0 Å². The van der Waals surface area contributed by atoms with Gasteiger partial charge in [0.15, 0.2) is 5.82 Å². The summed E-state index contributed by atoms with van der Waals surface area (Å²) in [6.07, 6.45) is 5.88. The van der Waals surface area contributed by atoms with Crippen LogP contribution >= 0.6 is 11.8 Å². The van der Waals surface area contributed by atoms with Crippen molar-refractivity contribution in [1.29, 1.82) is 0 Å². The van der Waals surface area contributed by atoms with Crippen molar-refractivity contribution in [2.24, 2.45) is 39.1 Å². The molecule has 0 spiro atoms. The molecular weight excluding hydrogens is 548 g/mol. The summed E-state index contributed by atoms with van der Waals surface area (Å²) in [6, 6.07) is 8.01. The number of carbonyl (C=O) groups is 2. The summed E-state index contributed by atoms with van der Waals surface area (Å²) in [7, 11) is 0. The lowest BCUT2D eigenvalue weighted by atomic mass is 9.44. The van der Waals surface area contributed by atoms with Gasteiger partial charge in [-0.2, -0.15) is 9.78 Å². The quantitative estimate of drug-likeness (QED) is 0.188. The summed E-state index contributed by atoms with van der Waals surface area (Å²) in [6.45, 7) is 16.4. The minimum absolute atomic E-state index is 0.0204. The monoisotopic (exact) mass is 592 g/mol. The second kappa shape index (κ2) is 11.4. The number of thioether (sulfide) groups is 1. The van der Waals surface area contributed by atoms with Gasteiger partial charge in [-0.1, -0.05) is 75.4 Å². The standard InChI is InChI=1S/C33H44N4O4S/c1-8-31(6)17-26(32(7)21(3)12-14-33(22(4)29(31)40)15-13-25(38)28(32)33)41-27(39)19-42-30-36-35-23(5)37(30)34-18-24-11-9-10-20(2)16-24/h8-11,16,18,21-22,26,28-29,40H,1,12-15,17,19H2,2-7H3/b34-18+/t21-,22+,26-,28+,29+,31-,32+,33+/m1/s1. The van der Waals surface area contributed by atoms with Crippen molar-refractivity contribution >= 4 is 29.7 Å². The van der Waals surface area contributed by atoms with E-state index in [9.17, 15) is 14.7 Å². The predicted molar refractivity (Wildman–Crippen MR) is 164 cm³/mol. The highest BCUT2D eigenvalue weighted by molar-refractivity contribution is 7.99. The van der Waals surface area contributed by atoms with Gasteiger partial charge in [-0.15, -0.1) is 16.8 Å². The summed E-state index contributed by atoms with van der Waals surface area (Å²) >= 11 is 1.23. The Morgan fingerprint density at radius 3 is 2.74 bits per heavy atom. The van der Waals surface area contributed by atoms with Crippen LogP contribution in [0.3, 0.4) is 0 Å². The molecule has 1 heterocycles. The van der Waals surface area contributed by atoms with E-state index in [0.717, 1.165) is 30.4 Å². The number of aliphatic hydroxyl groups is 1.